The van der Waals surface area contributed by atoms with E-state index < -0.39 is 6.10 Å². The van der Waals surface area contributed by atoms with Crippen LogP contribution in [0.2, 0.25) is 0 Å². The molecule has 0 saturated heterocycles. The minimum atomic E-state index is -0.514. The predicted molar refractivity (Wildman–Crippen MR) is 94.2 cm³/mol. The number of ether oxygens (including phenoxy) is 1. The number of carbonyl (C=O) groups excluding carboxylic acids is 1. The number of aromatic nitrogens is 2. The van der Waals surface area contributed by atoms with E-state index in [-0.39, 0.29) is 18.1 Å². The SMILES string of the molecule is CCOc1cccn2c(C(=O)C[C@@H]3c4ccccc4C[C@H]3O)cnc12. The molecule has 0 saturated carbocycles. The third kappa shape index (κ3) is 2.70. The van der Waals surface area contributed by atoms with Crippen LogP contribution in [0.3, 0.4) is 0 Å². The van der Waals surface area contributed by atoms with E-state index in [9.17, 15) is 9.90 Å². The van der Waals surface area contributed by atoms with Crippen molar-refractivity contribution in [2.24, 2.45) is 0 Å². The molecule has 1 aliphatic carbocycles. The van der Waals surface area contributed by atoms with E-state index in [0.29, 0.717) is 30.1 Å². The molecule has 2 heterocycles. The Morgan fingerprint density at radius 1 is 1.32 bits per heavy atom. The third-order valence-electron chi connectivity index (χ3n) is 4.84. The molecule has 0 aliphatic heterocycles. The Morgan fingerprint density at radius 2 is 2.16 bits per heavy atom. The molecule has 1 N–H and O–H groups in total. The largest absolute Gasteiger partial charge is 0.490 e. The van der Waals surface area contributed by atoms with Crippen LogP contribution in [0.1, 0.15) is 40.9 Å². The van der Waals surface area contributed by atoms with Crippen LogP contribution in [0, 0.1) is 0 Å². The minimum absolute atomic E-state index is 0.0260. The number of Topliss-reactive ketones (excluding diaryl/α,β-unsaturated/α-hetero) is 1. The number of aliphatic hydroxyl groups is 1. The number of hydrogen-bond acceptors (Lipinski definition) is 4. The lowest BCUT2D eigenvalue weighted by Crippen LogP contribution is -2.18. The normalized spacial score (nSPS) is 19.1. The summed E-state index contributed by atoms with van der Waals surface area (Å²) in [4.78, 5) is 17.2. The van der Waals surface area contributed by atoms with Crippen LogP contribution >= 0.6 is 0 Å². The summed E-state index contributed by atoms with van der Waals surface area (Å²) in [6.45, 7) is 2.46. The Hall–Kier alpha value is -2.66. The van der Waals surface area contributed by atoms with Gasteiger partial charge in [0.1, 0.15) is 5.69 Å². The van der Waals surface area contributed by atoms with Gasteiger partial charge in [-0.1, -0.05) is 24.3 Å². The molecule has 5 heteroatoms. The van der Waals surface area contributed by atoms with Crippen LogP contribution in [0.25, 0.3) is 5.65 Å². The van der Waals surface area contributed by atoms with Crippen LogP contribution < -0.4 is 4.74 Å². The lowest BCUT2D eigenvalue weighted by Gasteiger charge is -2.15. The molecule has 128 valence electrons. The zero-order chi connectivity index (χ0) is 17.4. The summed E-state index contributed by atoms with van der Waals surface area (Å²) < 4.78 is 7.34. The molecule has 0 radical (unpaired) electrons. The number of rotatable bonds is 5. The monoisotopic (exact) mass is 336 g/mol. The first-order valence-electron chi connectivity index (χ1n) is 8.57. The number of hydrogen-bond donors (Lipinski definition) is 1. The highest BCUT2D eigenvalue weighted by Crippen LogP contribution is 2.36. The number of fused-ring (bicyclic) bond motifs is 2. The van der Waals surface area contributed by atoms with Crippen LogP contribution in [0.4, 0.5) is 0 Å². The van der Waals surface area contributed by atoms with Crippen LogP contribution in [0.5, 0.6) is 5.75 Å². The maximum Gasteiger partial charge on any atom is 0.181 e. The Balaban J connectivity index is 1.64. The molecule has 0 spiro atoms. The summed E-state index contributed by atoms with van der Waals surface area (Å²) in [5, 5.41) is 10.4. The van der Waals surface area contributed by atoms with E-state index in [0.717, 1.165) is 11.1 Å². The highest BCUT2D eigenvalue weighted by Gasteiger charge is 2.33. The van der Waals surface area contributed by atoms with Crippen molar-refractivity contribution < 1.29 is 14.6 Å². The van der Waals surface area contributed by atoms with E-state index in [2.05, 4.69) is 4.98 Å². The summed E-state index contributed by atoms with van der Waals surface area (Å²) in [5.74, 6) is 0.474. The molecule has 4 rings (SSSR count). The first-order valence-corrected chi connectivity index (χ1v) is 8.57. The fourth-order valence-corrected chi connectivity index (χ4v) is 3.67. The number of imidazole rings is 1. The van der Waals surface area contributed by atoms with E-state index >= 15 is 0 Å². The maximum atomic E-state index is 12.9. The Labute approximate surface area is 145 Å². The van der Waals surface area contributed by atoms with Gasteiger partial charge in [0.2, 0.25) is 0 Å². The lowest BCUT2D eigenvalue weighted by molar-refractivity contribution is 0.0915. The molecule has 0 bridgehead atoms. The van der Waals surface area contributed by atoms with E-state index in [1.54, 1.807) is 10.6 Å². The van der Waals surface area contributed by atoms with Gasteiger partial charge in [-0.25, -0.2) is 4.98 Å². The third-order valence-corrected chi connectivity index (χ3v) is 4.84. The number of ketones is 1. The molecule has 25 heavy (non-hydrogen) atoms. The van der Waals surface area contributed by atoms with Crippen molar-refractivity contribution in [2.75, 3.05) is 6.61 Å². The second kappa shape index (κ2) is 6.33. The number of pyridine rings is 1. The number of benzene rings is 1. The summed E-state index contributed by atoms with van der Waals surface area (Å²) >= 11 is 0. The second-order valence-corrected chi connectivity index (χ2v) is 6.35. The van der Waals surface area contributed by atoms with Crippen molar-refractivity contribution in [2.45, 2.75) is 31.8 Å². The summed E-state index contributed by atoms with van der Waals surface area (Å²) in [5.41, 5.74) is 3.37. The zero-order valence-electron chi connectivity index (χ0n) is 14.1. The van der Waals surface area contributed by atoms with Gasteiger partial charge in [-0.2, -0.15) is 0 Å². The average molecular weight is 336 g/mol. The summed E-state index contributed by atoms with van der Waals surface area (Å²) in [7, 11) is 0. The van der Waals surface area contributed by atoms with Gasteiger partial charge in [-0.15, -0.1) is 0 Å². The molecule has 5 nitrogen and oxygen atoms in total. The Kier molecular flexibility index (Phi) is 4.01. The molecular weight excluding hydrogens is 316 g/mol. The molecule has 3 aromatic rings. The van der Waals surface area contributed by atoms with Crippen molar-refractivity contribution in [1.29, 1.82) is 0 Å². The Bertz CT molecular complexity index is 932. The molecule has 0 amide bonds. The molecule has 1 aliphatic rings. The first-order chi connectivity index (χ1) is 12.2. The minimum Gasteiger partial charge on any atom is -0.490 e. The number of aliphatic hydroxyl groups excluding tert-OH is 1. The van der Waals surface area contributed by atoms with Crippen molar-refractivity contribution in [3.63, 3.8) is 0 Å². The molecule has 2 atom stereocenters. The van der Waals surface area contributed by atoms with Crippen molar-refractivity contribution in [1.82, 2.24) is 9.38 Å². The van der Waals surface area contributed by atoms with Crippen molar-refractivity contribution >= 4 is 11.4 Å². The standard InChI is InChI=1S/C20H20N2O3/c1-2-25-19-8-5-9-22-16(12-21-20(19)22)18(24)11-15-14-7-4-3-6-13(14)10-17(15)23/h3-9,12,15,17,23H,2,10-11H2,1H3/t15-,17-/m1/s1. The zero-order valence-corrected chi connectivity index (χ0v) is 14.1. The summed E-state index contributed by atoms with van der Waals surface area (Å²) in [6.07, 6.45) is 3.77. The van der Waals surface area contributed by atoms with E-state index in [4.69, 9.17) is 4.74 Å². The maximum absolute atomic E-state index is 12.9. The molecule has 1 aromatic carbocycles. The highest BCUT2D eigenvalue weighted by atomic mass is 16.5. The average Bonchev–Trinajstić information content (AvgIpc) is 3.18. The fraction of sp³-hybridized carbons (Fsp3) is 0.300. The number of carbonyl (C=O) groups is 1. The molecule has 2 aromatic heterocycles. The fourth-order valence-electron chi connectivity index (χ4n) is 3.67. The Morgan fingerprint density at radius 3 is 3.00 bits per heavy atom. The van der Waals surface area contributed by atoms with Gasteiger partial charge in [0.05, 0.1) is 18.9 Å². The number of nitrogens with zero attached hydrogens (tertiary/aromatic N) is 2. The lowest BCUT2D eigenvalue weighted by atomic mass is 9.93. The van der Waals surface area contributed by atoms with Gasteiger partial charge in [-0.05, 0) is 36.6 Å². The van der Waals surface area contributed by atoms with Crippen molar-refractivity contribution in [3.05, 3.63) is 65.6 Å². The van der Waals surface area contributed by atoms with Crippen LogP contribution in [0.15, 0.2) is 48.8 Å². The van der Waals surface area contributed by atoms with Crippen LogP contribution in [-0.2, 0) is 6.42 Å². The second-order valence-electron chi connectivity index (χ2n) is 6.35. The smallest absolute Gasteiger partial charge is 0.181 e. The molecule has 0 fully saturated rings. The van der Waals surface area contributed by atoms with E-state index in [1.807, 2.05) is 49.5 Å². The molecule has 0 unspecified atom stereocenters. The molecular formula is C20H20N2O3. The quantitative estimate of drug-likeness (QED) is 0.728. The van der Waals surface area contributed by atoms with Gasteiger partial charge < -0.3 is 9.84 Å². The first kappa shape index (κ1) is 15.8. The van der Waals surface area contributed by atoms with Gasteiger partial charge in [0.15, 0.2) is 17.2 Å². The van der Waals surface area contributed by atoms with Gasteiger partial charge in [0.25, 0.3) is 0 Å². The highest BCUT2D eigenvalue weighted by molar-refractivity contribution is 5.96. The van der Waals surface area contributed by atoms with E-state index in [1.165, 1.54) is 0 Å². The van der Waals surface area contributed by atoms with Gasteiger partial charge in [-0.3, -0.25) is 9.20 Å². The summed E-state index contributed by atoms with van der Waals surface area (Å²) in [6, 6.07) is 11.6. The van der Waals surface area contributed by atoms with Crippen LogP contribution in [-0.4, -0.2) is 33.0 Å². The van der Waals surface area contributed by atoms with Crippen molar-refractivity contribution in [3.8, 4) is 5.75 Å². The van der Waals surface area contributed by atoms with Gasteiger partial charge >= 0.3 is 0 Å². The van der Waals surface area contributed by atoms with Gasteiger partial charge in [0, 0.05) is 18.5 Å². The predicted octanol–water partition coefficient (Wildman–Crippen LogP) is 3.01. The topological polar surface area (TPSA) is 63.8 Å².